The first-order chi connectivity index (χ1) is 15.6. The molecule has 0 spiro atoms. The number of carbonyl (C=O) groups excluding carboxylic acids is 1. The molecule has 0 unspecified atom stereocenters. The van der Waals surface area contributed by atoms with Crippen LogP contribution >= 0.6 is 0 Å². The van der Waals surface area contributed by atoms with Crippen LogP contribution in [0, 0.1) is 23.6 Å². The maximum atomic E-state index is 14.4. The smallest absolute Gasteiger partial charge is 0.314 e. The van der Waals surface area contributed by atoms with Gasteiger partial charge in [0, 0.05) is 11.8 Å². The molecule has 32 heavy (non-hydrogen) atoms. The number of carbonyl (C=O) groups is 1. The van der Waals surface area contributed by atoms with Crippen molar-refractivity contribution in [3.63, 3.8) is 0 Å². The third kappa shape index (κ3) is 7.55. The predicted octanol–water partition coefficient (Wildman–Crippen LogP) is 6.84. The second-order valence-electron chi connectivity index (χ2n) is 9.65. The fourth-order valence-electron chi connectivity index (χ4n) is 4.86. The summed E-state index contributed by atoms with van der Waals surface area (Å²) in [6.07, 6.45) is 12.2. The third-order valence-corrected chi connectivity index (χ3v) is 6.97. The van der Waals surface area contributed by atoms with E-state index in [-0.39, 0.29) is 23.9 Å². The standard InChI is InChI=1S/C27H41FO4/c1-3-5-7-9-20-11-16-25(24(28)17-20)32-26(29)22-12-14-23(15-13-22)27-30-18-21(19-31-27)10-8-6-4-2/h11,16-17,21-23,27H,3-10,12-15,18-19H2,1-2H3. The van der Waals surface area contributed by atoms with Gasteiger partial charge in [0.1, 0.15) is 0 Å². The molecule has 1 aromatic carbocycles. The van der Waals surface area contributed by atoms with Crippen molar-refractivity contribution in [3.05, 3.63) is 29.6 Å². The van der Waals surface area contributed by atoms with Crippen LogP contribution in [0.15, 0.2) is 18.2 Å². The minimum absolute atomic E-state index is 0.0458. The van der Waals surface area contributed by atoms with Gasteiger partial charge in [-0.15, -0.1) is 0 Å². The Morgan fingerprint density at radius 3 is 2.34 bits per heavy atom. The molecular weight excluding hydrogens is 407 g/mol. The number of ether oxygens (including phenoxy) is 3. The Morgan fingerprint density at radius 1 is 1.00 bits per heavy atom. The first-order valence-electron chi connectivity index (χ1n) is 12.8. The summed E-state index contributed by atoms with van der Waals surface area (Å²) in [6.45, 7) is 5.93. The number of halogens is 1. The van der Waals surface area contributed by atoms with Gasteiger partial charge in [-0.25, -0.2) is 4.39 Å². The van der Waals surface area contributed by atoms with Gasteiger partial charge >= 0.3 is 5.97 Å². The van der Waals surface area contributed by atoms with Crippen molar-refractivity contribution < 1.29 is 23.4 Å². The van der Waals surface area contributed by atoms with Crippen molar-refractivity contribution in [2.24, 2.45) is 17.8 Å². The zero-order valence-electron chi connectivity index (χ0n) is 20.0. The van der Waals surface area contributed by atoms with E-state index < -0.39 is 5.82 Å². The first-order valence-corrected chi connectivity index (χ1v) is 12.8. The van der Waals surface area contributed by atoms with E-state index in [0.29, 0.717) is 11.8 Å². The van der Waals surface area contributed by atoms with E-state index in [1.165, 1.54) is 31.7 Å². The molecule has 0 N–H and O–H groups in total. The first kappa shape index (κ1) is 25.2. The van der Waals surface area contributed by atoms with Crippen LogP contribution in [-0.4, -0.2) is 25.5 Å². The number of hydrogen-bond donors (Lipinski definition) is 0. The lowest BCUT2D eigenvalue weighted by atomic mass is 9.81. The number of hydrogen-bond acceptors (Lipinski definition) is 4. The number of rotatable bonds is 11. The summed E-state index contributed by atoms with van der Waals surface area (Å²) in [5.41, 5.74) is 0.955. The molecule has 1 aliphatic carbocycles. The molecule has 0 aromatic heterocycles. The van der Waals surface area contributed by atoms with E-state index in [0.717, 1.165) is 70.1 Å². The molecule has 1 heterocycles. The summed E-state index contributed by atoms with van der Waals surface area (Å²) in [6, 6.07) is 4.97. The Bertz CT molecular complexity index is 691. The van der Waals surface area contributed by atoms with Gasteiger partial charge in [0.05, 0.1) is 19.1 Å². The van der Waals surface area contributed by atoms with E-state index in [2.05, 4.69) is 13.8 Å². The van der Waals surface area contributed by atoms with E-state index in [4.69, 9.17) is 14.2 Å². The highest BCUT2D eigenvalue weighted by Crippen LogP contribution is 2.35. The van der Waals surface area contributed by atoms with Gasteiger partial charge in [0.15, 0.2) is 17.9 Å². The highest BCUT2D eigenvalue weighted by molar-refractivity contribution is 5.75. The third-order valence-electron chi connectivity index (χ3n) is 6.97. The number of benzene rings is 1. The molecule has 180 valence electrons. The van der Waals surface area contributed by atoms with Gasteiger partial charge in [-0.3, -0.25) is 4.79 Å². The van der Waals surface area contributed by atoms with Crippen molar-refractivity contribution >= 4 is 5.97 Å². The molecule has 5 heteroatoms. The quantitative estimate of drug-likeness (QED) is 0.211. The second kappa shape index (κ2) is 13.3. The van der Waals surface area contributed by atoms with Gasteiger partial charge in [0.25, 0.3) is 0 Å². The van der Waals surface area contributed by atoms with Crippen molar-refractivity contribution in [1.82, 2.24) is 0 Å². The summed E-state index contributed by atoms with van der Waals surface area (Å²) >= 11 is 0. The normalized spacial score (nSPS) is 26.1. The molecule has 1 saturated carbocycles. The zero-order valence-corrected chi connectivity index (χ0v) is 20.0. The molecule has 2 aliphatic rings. The minimum Gasteiger partial charge on any atom is -0.423 e. The van der Waals surface area contributed by atoms with Crippen LogP contribution in [0.4, 0.5) is 4.39 Å². The molecule has 1 aliphatic heterocycles. The maximum absolute atomic E-state index is 14.4. The van der Waals surface area contributed by atoms with Crippen LogP contribution in [0.5, 0.6) is 5.75 Å². The van der Waals surface area contributed by atoms with Gasteiger partial charge in [-0.05, 0) is 62.6 Å². The van der Waals surface area contributed by atoms with Crippen molar-refractivity contribution in [3.8, 4) is 5.75 Å². The summed E-state index contributed by atoms with van der Waals surface area (Å²) < 4.78 is 31.9. The Kier molecular flexibility index (Phi) is 10.5. The lowest BCUT2D eigenvalue weighted by Gasteiger charge is -2.37. The summed E-state index contributed by atoms with van der Waals surface area (Å²) in [7, 11) is 0. The highest BCUT2D eigenvalue weighted by atomic mass is 19.1. The molecule has 0 amide bonds. The van der Waals surface area contributed by atoms with E-state index >= 15 is 0 Å². The highest BCUT2D eigenvalue weighted by Gasteiger charge is 2.35. The van der Waals surface area contributed by atoms with Gasteiger partial charge in [-0.2, -0.15) is 0 Å². The lowest BCUT2D eigenvalue weighted by molar-refractivity contribution is -0.230. The Hall–Kier alpha value is -1.46. The maximum Gasteiger partial charge on any atom is 0.314 e. The number of esters is 1. The Labute approximate surface area is 193 Å². The van der Waals surface area contributed by atoms with E-state index in [1.54, 1.807) is 6.07 Å². The number of aryl methyl sites for hydroxylation is 1. The van der Waals surface area contributed by atoms with Crippen LogP contribution in [0.1, 0.15) is 90.0 Å². The van der Waals surface area contributed by atoms with Crippen LogP contribution in [0.25, 0.3) is 0 Å². The molecule has 1 saturated heterocycles. The fraction of sp³-hybridized carbons (Fsp3) is 0.741. The Morgan fingerprint density at radius 2 is 1.69 bits per heavy atom. The van der Waals surface area contributed by atoms with Crippen molar-refractivity contribution in [1.29, 1.82) is 0 Å². The lowest BCUT2D eigenvalue weighted by Crippen LogP contribution is -2.39. The minimum atomic E-state index is -0.446. The molecule has 0 atom stereocenters. The number of unbranched alkanes of at least 4 members (excludes halogenated alkanes) is 4. The molecule has 3 rings (SSSR count). The summed E-state index contributed by atoms with van der Waals surface area (Å²) in [5, 5.41) is 0. The molecule has 0 bridgehead atoms. The van der Waals surface area contributed by atoms with E-state index in [1.807, 2.05) is 6.07 Å². The second-order valence-corrected chi connectivity index (χ2v) is 9.65. The fourth-order valence-corrected chi connectivity index (χ4v) is 4.86. The average Bonchev–Trinajstić information content (AvgIpc) is 2.82. The van der Waals surface area contributed by atoms with Crippen molar-refractivity contribution in [2.75, 3.05) is 13.2 Å². The van der Waals surface area contributed by atoms with Gasteiger partial charge in [0.2, 0.25) is 0 Å². The van der Waals surface area contributed by atoms with Crippen LogP contribution in [0.2, 0.25) is 0 Å². The van der Waals surface area contributed by atoms with E-state index in [9.17, 15) is 9.18 Å². The van der Waals surface area contributed by atoms with Gasteiger partial charge in [-0.1, -0.05) is 52.0 Å². The molecule has 1 aromatic rings. The van der Waals surface area contributed by atoms with Crippen LogP contribution in [0.3, 0.4) is 0 Å². The molecule has 2 fully saturated rings. The average molecular weight is 449 g/mol. The summed E-state index contributed by atoms with van der Waals surface area (Å²) in [4.78, 5) is 12.6. The van der Waals surface area contributed by atoms with Gasteiger partial charge < -0.3 is 14.2 Å². The zero-order chi connectivity index (χ0) is 22.8. The monoisotopic (exact) mass is 448 g/mol. The largest absolute Gasteiger partial charge is 0.423 e. The predicted molar refractivity (Wildman–Crippen MR) is 124 cm³/mol. The summed E-state index contributed by atoms with van der Waals surface area (Å²) in [5.74, 6) is -0.0578. The van der Waals surface area contributed by atoms with Crippen LogP contribution < -0.4 is 4.74 Å². The van der Waals surface area contributed by atoms with Crippen molar-refractivity contribution in [2.45, 2.75) is 97.2 Å². The Balaban J connectivity index is 1.39. The molecule has 4 nitrogen and oxygen atoms in total. The SMILES string of the molecule is CCCCCc1ccc(OC(=O)C2CCC(C3OCC(CCCCC)CO3)CC2)c(F)c1. The molecular formula is C27H41FO4. The molecule has 0 radical (unpaired) electrons. The topological polar surface area (TPSA) is 44.8 Å². The van der Waals surface area contributed by atoms with Crippen LogP contribution in [-0.2, 0) is 20.7 Å².